The molecule has 0 saturated heterocycles. The second-order valence-electron chi connectivity index (χ2n) is 4.38. The van der Waals surface area contributed by atoms with Crippen molar-refractivity contribution in [1.82, 2.24) is 20.2 Å². The van der Waals surface area contributed by atoms with Gasteiger partial charge in [0.05, 0.1) is 18.2 Å². The number of aromatic nitrogens is 4. The third-order valence-corrected chi connectivity index (χ3v) is 3.83. The highest BCUT2D eigenvalue weighted by atomic mass is 32.2. The maximum Gasteiger partial charge on any atom is 0.416 e. The van der Waals surface area contributed by atoms with E-state index in [1.165, 1.54) is 28.6 Å². The van der Waals surface area contributed by atoms with Crippen LogP contribution in [0.5, 0.6) is 0 Å². The minimum atomic E-state index is -4.38. The first-order chi connectivity index (χ1) is 10.4. The van der Waals surface area contributed by atoms with Crippen LogP contribution in [0.25, 0.3) is 0 Å². The summed E-state index contributed by atoms with van der Waals surface area (Å²) in [6, 6.07) is 4.43. The maximum atomic E-state index is 12.5. The van der Waals surface area contributed by atoms with E-state index in [1.807, 2.05) is 0 Å². The molecule has 1 N–H and O–H groups in total. The molecule has 5 nitrogen and oxygen atoms in total. The van der Waals surface area contributed by atoms with Gasteiger partial charge in [0.15, 0.2) is 0 Å². The zero-order valence-corrected chi connectivity index (χ0v) is 12.2. The summed E-state index contributed by atoms with van der Waals surface area (Å²) in [4.78, 5) is 0. The molecule has 2 rings (SSSR count). The van der Waals surface area contributed by atoms with E-state index in [4.69, 9.17) is 0 Å². The average molecular weight is 330 g/mol. The van der Waals surface area contributed by atoms with Gasteiger partial charge in [0.1, 0.15) is 0 Å². The Hall–Kier alpha value is -1.87. The average Bonchev–Trinajstić information content (AvgIpc) is 2.92. The largest absolute Gasteiger partial charge is 0.416 e. The summed E-state index contributed by atoms with van der Waals surface area (Å²) >= 11 is 1.21. The van der Waals surface area contributed by atoms with Gasteiger partial charge in [-0.1, -0.05) is 30.0 Å². The number of hydrogen-bond donors (Lipinski definition) is 1. The zero-order valence-electron chi connectivity index (χ0n) is 11.4. The van der Waals surface area contributed by atoms with Crippen molar-refractivity contribution in [3.63, 3.8) is 0 Å². The Morgan fingerprint density at radius 2 is 2.00 bits per heavy atom. The van der Waals surface area contributed by atoms with Gasteiger partial charge in [0.25, 0.3) is 0 Å². The Morgan fingerprint density at radius 1 is 1.32 bits per heavy atom. The van der Waals surface area contributed by atoms with E-state index < -0.39 is 17.8 Å². The van der Waals surface area contributed by atoms with E-state index in [9.17, 15) is 18.3 Å². The van der Waals surface area contributed by atoms with Crippen LogP contribution in [0.4, 0.5) is 13.2 Å². The molecule has 1 aromatic heterocycles. The third kappa shape index (κ3) is 4.08. The quantitative estimate of drug-likeness (QED) is 0.652. The lowest BCUT2D eigenvalue weighted by atomic mass is 10.1. The van der Waals surface area contributed by atoms with Crippen molar-refractivity contribution < 1.29 is 18.3 Å². The Bertz CT molecular complexity index is 627. The molecule has 0 fully saturated rings. The van der Waals surface area contributed by atoms with E-state index in [1.54, 1.807) is 6.08 Å². The van der Waals surface area contributed by atoms with E-state index >= 15 is 0 Å². The molecule has 22 heavy (non-hydrogen) atoms. The molecule has 118 valence electrons. The minimum absolute atomic E-state index is 0.225. The lowest BCUT2D eigenvalue weighted by Crippen LogP contribution is -2.07. The van der Waals surface area contributed by atoms with E-state index in [2.05, 4.69) is 22.1 Å². The molecule has 0 bridgehead atoms. The second kappa shape index (κ2) is 6.93. The number of aliphatic hydroxyl groups excluding tert-OH is 1. The van der Waals surface area contributed by atoms with Crippen molar-refractivity contribution in [2.75, 3.05) is 5.75 Å². The van der Waals surface area contributed by atoms with Gasteiger partial charge in [-0.2, -0.15) is 13.2 Å². The summed E-state index contributed by atoms with van der Waals surface area (Å²) in [6.07, 6.45) is -3.67. The summed E-state index contributed by atoms with van der Waals surface area (Å²) in [7, 11) is 0. The Labute approximate surface area is 128 Å². The van der Waals surface area contributed by atoms with Gasteiger partial charge in [0, 0.05) is 5.75 Å². The van der Waals surface area contributed by atoms with Crippen molar-refractivity contribution in [2.24, 2.45) is 0 Å². The number of benzene rings is 1. The molecule has 0 aliphatic carbocycles. The van der Waals surface area contributed by atoms with Gasteiger partial charge < -0.3 is 5.11 Å². The van der Waals surface area contributed by atoms with Gasteiger partial charge in [-0.3, -0.25) is 0 Å². The monoisotopic (exact) mass is 330 g/mol. The van der Waals surface area contributed by atoms with Crippen LogP contribution in [0.2, 0.25) is 0 Å². The van der Waals surface area contributed by atoms with Crippen LogP contribution < -0.4 is 0 Å². The topological polar surface area (TPSA) is 63.8 Å². The lowest BCUT2D eigenvalue weighted by molar-refractivity contribution is -0.137. The number of alkyl halides is 3. The number of thioether (sulfide) groups is 1. The van der Waals surface area contributed by atoms with Gasteiger partial charge in [-0.15, -0.1) is 11.7 Å². The Kier molecular flexibility index (Phi) is 5.19. The third-order valence-electron chi connectivity index (χ3n) is 2.79. The van der Waals surface area contributed by atoms with Crippen LogP contribution in [-0.4, -0.2) is 31.1 Å². The smallest absolute Gasteiger partial charge is 0.388 e. The maximum absolute atomic E-state index is 12.5. The summed E-state index contributed by atoms with van der Waals surface area (Å²) in [6.45, 7) is 4.02. The van der Waals surface area contributed by atoms with Crippen LogP contribution in [0, 0.1) is 0 Å². The highest BCUT2D eigenvalue weighted by Crippen LogP contribution is 2.30. The fourth-order valence-corrected chi connectivity index (χ4v) is 2.53. The molecule has 0 amide bonds. The summed E-state index contributed by atoms with van der Waals surface area (Å²) in [5.74, 6) is 0.225. The fourth-order valence-electron chi connectivity index (χ4n) is 1.68. The number of hydrogen-bond acceptors (Lipinski definition) is 5. The first-order valence-corrected chi connectivity index (χ1v) is 7.25. The first-order valence-electron chi connectivity index (χ1n) is 6.27. The number of allylic oxidation sites excluding steroid dienone is 1. The standard InChI is InChI=1S/C13H13F3N4OS/c1-2-7-20-12(17-18-19-20)22-8-11(21)9-3-5-10(6-4-9)13(14,15)16/h2-6,11,21H,1,7-8H2. The normalized spacial score (nSPS) is 13.1. The predicted molar refractivity (Wildman–Crippen MR) is 75.1 cm³/mol. The molecule has 0 aliphatic rings. The molecule has 0 radical (unpaired) electrons. The molecule has 1 heterocycles. The van der Waals surface area contributed by atoms with E-state index in [-0.39, 0.29) is 5.75 Å². The van der Waals surface area contributed by atoms with Gasteiger partial charge in [-0.05, 0) is 28.1 Å². The highest BCUT2D eigenvalue weighted by Gasteiger charge is 2.30. The van der Waals surface area contributed by atoms with Gasteiger partial charge in [-0.25, -0.2) is 4.68 Å². The molecule has 1 unspecified atom stereocenters. The van der Waals surface area contributed by atoms with Crippen molar-refractivity contribution in [1.29, 1.82) is 0 Å². The molecule has 2 aromatic rings. The number of nitrogens with zero attached hydrogens (tertiary/aromatic N) is 4. The van der Waals surface area contributed by atoms with Gasteiger partial charge in [0.2, 0.25) is 5.16 Å². The number of rotatable bonds is 6. The van der Waals surface area contributed by atoms with Crippen molar-refractivity contribution in [3.8, 4) is 0 Å². The Morgan fingerprint density at radius 3 is 2.59 bits per heavy atom. The predicted octanol–water partition coefficient (Wildman–Crippen LogP) is 2.70. The summed E-state index contributed by atoms with van der Waals surface area (Å²) < 4.78 is 38.9. The molecule has 0 saturated carbocycles. The second-order valence-corrected chi connectivity index (χ2v) is 5.37. The Balaban J connectivity index is 1.98. The van der Waals surface area contributed by atoms with Crippen LogP contribution in [0.3, 0.4) is 0 Å². The number of tetrazole rings is 1. The molecule has 9 heteroatoms. The molecular weight excluding hydrogens is 317 g/mol. The van der Waals surface area contributed by atoms with E-state index in [0.29, 0.717) is 17.3 Å². The summed E-state index contributed by atoms with van der Waals surface area (Å²) in [5.41, 5.74) is -0.339. The van der Waals surface area contributed by atoms with Crippen LogP contribution in [0.1, 0.15) is 17.2 Å². The van der Waals surface area contributed by atoms with Crippen LogP contribution >= 0.6 is 11.8 Å². The van der Waals surface area contributed by atoms with E-state index in [0.717, 1.165) is 12.1 Å². The van der Waals surface area contributed by atoms with Crippen LogP contribution in [-0.2, 0) is 12.7 Å². The molecule has 1 atom stereocenters. The lowest BCUT2D eigenvalue weighted by Gasteiger charge is -2.12. The highest BCUT2D eigenvalue weighted by molar-refractivity contribution is 7.99. The fraction of sp³-hybridized carbons (Fsp3) is 0.308. The van der Waals surface area contributed by atoms with Crippen molar-refractivity contribution in [3.05, 3.63) is 48.0 Å². The molecule has 0 aliphatic heterocycles. The first kappa shape index (κ1) is 16.5. The van der Waals surface area contributed by atoms with Crippen molar-refractivity contribution >= 4 is 11.8 Å². The zero-order chi connectivity index (χ0) is 16.2. The molecule has 1 aromatic carbocycles. The van der Waals surface area contributed by atoms with Gasteiger partial charge >= 0.3 is 6.18 Å². The molecular formula is C13H13F3N4OS. The molecule has 0 spiro atoms. The number of aliphatic hydroxyl groups is 1. The summed E-state index contributed by atoms with van der Waals surface area (Å²) in [5, 5.41) is 21.6. The minimum Gasteiger partial charge on any atom is -0.388 e. The SMILES string of the molecule is C=CCn1nnnc1SCC(O)c1ccc(C(F)(F)F)cc1. The number of halogens is 3. The van der Waals surface area contributed by atoms with Crippen LogP contribution in [0.15, 0.2) is 42.1 Å². The van der Waals surface area contributed by atoms with Crippen molar-refractivity contribution in [2.45, 2.75) is 24.0 Å².